The second-order valence-electron chi connectivity index (χ2n) is 7.16. The number of aliphatic hydroxyl groups excluding tert-OH is 1. The molecule has 0 spiro atoms. The summed E-state index contributed by atoms with van der Waals surface area (Å²) < 4.78 is 0. The first-order valence-electron chi connectivity index (χ1n) is 9.77. The van der Waals surface area contributed by atoms with Crippen LogP contribution < -0.4 is 21.7 Å². The minimum absolute atomic E-state index is 0.107. The van der Waals surface area contributed by atoms with Crippen molar-refractivity contribution >= 4 is 24.0 Å². The Morgan fingerprint density at radius 3 is 2.47 bits per heavy atom. The van der Waals surface area contributed by atoms with Crippen molar-refractivity contribution in [3.05, 3.63) is 30.1 Å². The Kier molecular flexibility index (Phi) is 10.6. The van der Waals surface area contributed by atoms with Crippen LogP contribution in [0.15, 0.2) is 24.5 Å². The Morgan fingerprint density at radius 1 is 1.23 bits per heavy atom. The molecule has 0 saturated carbocycles. The summed E-state index contributed by atoms with van der Waals surface area (Å²) in [5, 5.41) is 17.0. The first-order chi connectivity index (χ1) is 14.2. The number of aromatic nitrogens is 1. The minimum atomic E-state index is -1.27. The zero-order valence-electron chi connectivity index (χ0n) is 17.4. The molecule has 0 aliphatic carbocycles. The van der Waals surface area contributed by atoms with Gasteiger partial charge in [-0.2, -0.15) is 0 Å². The van der Waals surface area contributed by atoms with E-state index in [1.807, 2.05) is 6.92 Å². The van der Waals surface area contributed by atoms with Gasteiger partial charge in [-0.15, -0.1) is 0 Å². The van der Waals surface area contributed by atoms with Crippen LogP contribution in [0.5, 0.6) is 0 Å². The van der Waals surface area contributed by atoms with Crippen LogP contribution in [0.25, 0.3) is 0 Å². The molecule has 3 amide bonds. The van der Waals surface area contributed by atoms with E-state index >= 15 is 0 Å². The largest absolute Gasteiger partial charge is 0.391 e. The number of nitrogens with zero attached hydrogens (tertiary/aromatic N) is 1. The summed E-state index contributed by atoms with van der Waals surface area (Å²) in [6.45, 7) is 4.58. The molecule has 1 heterocycles. The van der Waals surface area contributed by atoms with Gasteiger partial charge in [0.1, 0.15) is 6.04 Å². The number of hydrogen-bond acceptors (Lipinski definition) is 7. The molecule has 165 valence electrons. The normalized spacial score (nSPS) is 15.8. The van der Waals surface area contributed by atoms with E-state index in [1.165, 1.54) is 6.92 Å². The first-order valence-corrected chi connectivity index (χ1v) is 9.77. The summed E-state index contributed by atoms with van der Waals surface area (Å²) in [5.74, 6) is -2.04. The molecule has 0 aromatic carbocycles. The van der Waals surface area contributed by atoms with Crippen molar-refractivity contribution in [1.29, 1.82) is 0 Å². The van der Waals surface area contributed by atoms with E-state index < -0.39 is 48.5 Å². The van der Waals surface area contributed by atoms with Crippen molar-refractivity contribution in [3.63, 3.8) is 0 Å². The topological polar surface area (TPSA) is 164 Å². The zero-order valence-corrected chi connectivity index (χ0v) is 17.4. The molecular weight excluding hydrogens is 390 g/mol. The standard InChI is InChI=1S/C20H30N5O5/c1-4-12(2)17(21)19(29)25-18(13(3)27)20(30)23-10-16(28)24-15(11-26)8-14-6-5-7-22-9-14/h5-7,9,12-13,15,17-18,27H,4,8,10,21H2,1-3H3,(H,23,30)(H,24,28)(H,25,29)/t12-,13-,15-,17-,18-/m0/s1. The molecule has 10 nitrogen and oxygen atoms in total. The number of nitrogens with one attached hydrogen (secondary N) is 3. The Hall–Kier alpha value is -2.85. The molecule has 0 unspecified atom stereocenters. The van der Waals surface area contributed by atoms with Crippen molar-refractivity contribution in [1.82, 2.24) is 20.9 Å². The van der Waals surface area contributed by atoms with Crippen molar-refractivity contribution < 1.29 is 24.3 Å². The molecule has 0 aliphatic rings. The highest BCUT2D eigenvalue weighted by Crippen LogP contribution is 2.06. The maximum Gasteiger partial charge on any atom is 0.245 e. The Morgan fingerprint density at radius 2 is 1.93 bits per heavy atom. The summed E-state index contributed by atoms with van der Waals surface area (Å²) in [6, 6.07) is 0.453. The monoisotopic (exact) mass is 420 g/mol. The number of carbonyl (C=O) groups excluding carboxylic acids is 4. The highest BCUT2D eigenvalue weighted by Gasteiger charge is 2.29. The van der Waals surface area contributed by atoms with Gasteiger partial charge in [0.05, 0.1) is 24.7 Å². The molecule has 1 radical (unpaired) electrons. The van der Waals surface area contributed by atoms with Crippen molar-refractivity contribution in [2.45, 2.75) is 57.8 Å². The third-order valence-electron chi connectivity index (χ3n) is 4.69. The van der Waals surface area contributed by atoms with Gasteiger partial charge in [-0.3, -0.25) is 24.2 Å². The summed E-state index contributed by atoms with van der Waals surface area (Å²) >= 11 is 0. The number of nitrogens with two attached hydrogens (primary N) is 1. The van der Waals surface area contributed by atoms with Crippen LogP contribution in [0.4, 0.5) is 0 Å². The molecule has 30 heavy (non-hydrogen) atoms. The van der Waals surface area contributed by atoms with E-state index in [1.54, 1.807) is 37.7 Å². The van der Waals surface area contributed by atoms with E-state index in [0.29, 0.717) is 6.42 Å². The Labute approximate surface area is 176 Å². The fourth-order valence-corrected chi connectivity index (χ4v) is 2.57. The lowest BCUT2D eigenvalue weighted by molar-refractivity contribution is -0.133. The average Bonchev–Trinajstić information content (AvgIpc) is 2.74. The van der Waals surface area contributed by atoms with Crippen LogP contribution in [-0.2, 0) is 25.6 Å². The molecule has 6 N–H and O–H groups in total. The smallest absolute Gasteiger partial charge is 0.245 e. The number of rotatable bonds is 12. The van der Waals surface area contributed by atoms with E-state index in [0.717, 1.165) is 5.56 Å². The Balaban J connectivity index is 2.58. The van der Waals surface area contributed by atoms with E-state index in [4.69, 9.17) is 5.73 Å². The molecule has 1 aromatic heterocycles. The van der Waals surface area contributed by atoms with Gasteiger partial charge in [-0.05, 0) is 24.5 Å². The molecular formula is C20H30N5O5. The highest BCUT2D eigenvalue weighted by atomic mass is 16.3. The second-order valence-corrected chi connectivity index (χ2v) is 7.16. The van der Waals surface area contributed by atoms with Gasteiger partial charge in [0.15, 0.2) is 0 Å². The number of amides is 3. The van der Waals surface area contributed by atoms with Crippen LogP contribution in [0.2, 0.25) is 0 Å². The summed E-state index contributed by atoms with van der Waals surface area (Å²) in [4.78, 5) is 51.7. The van der Waals surface area contributed by atoms with Gasteiger partial charge < -0.3 is 26.8 Å². The molecule has 0 fully saturated rings. The van der Waals surface area contributed by atoms with Gasteiger partial charge in [0, 0.05) is 18.8 Å². The molecule has 1 aromatic rings. The van der Waals surface area contributed by atoms with Crippen molar-refractivity contribution in [2.24, 2.45) is 11.7 Å². The van der Waals surface area contributed by atoms with Gasteiger partial charge in [-0.25, -0.2) is 0 Å². The van der Waals surface area contributed by atoms with Crippen LogP contribution in [-0.4, -0.2) is 64.9 Å². The average molecular weight is 420 g/mol. The first kappa shape index (κ1) is 25.2. The third kappa shape index (κ3) is 8.26. The SMILES string of the molecule is CC[C@H](C)[C@H](N)C(=O)N[C@H](C(=O)NCC(=O)N[C@H]([C]=O)Cc1cccnc1)[C@H](C)O. The van der Waals surface area contributed by atoms with Crippen LogP contribution in [0, 0.1) is 5.92 Å². The predicted molar refractivity (Wildman–Crippen MR) is 110 cm³/mol. The third-order valence-corrected chi connectivity index (χ3v) is 4.69. The fourth-order valence-electron chi connectivity index (χ4n) is 2.57. The molecule has 0 saturated heterocycles. The number of carbonyl (C=O) groups is 3. The fraction of sp³-hybridized carbons (Fsp3) is 0.550. The number of aliphatic hydroxyl groups is 1. The van der Waals surface area contributed by atoms with E-state index in [9.17, 15) is 24.3 Å². The summed E-state index contributed by atoms with van der Waals surface area (Å²) in [6.07, 6.45) is 4.56. The van der Waals surface area contributed by atoms with Gasteiger partial charge in [0.2, 0.25) is 24.0 Å². The lowest BCUT2D eigenvalue weighted by Crippen LogP contribution is -2.57. The molecule has 5 atom stereocenters. The minimum Gasteiger partial charge on any atom is -0.391 e. The summed E-state index contributed by atoms with van der Waals surface area (Å²) in [7, 11) is 0. The van der Waals surface area contributed by atoms with Gasteiger partial charge in [-0.1, -0.05) is 26.3 Å². The maximum atomic E-state index is 12.3. The zero-order chi connectivity index (χ0) is 22.7. The summed E-state index contributed by atoms with van der Waals surface area (Å²) in [5.41, 5.74) is 6.59. The molecule has 0 aliphatic heterocycles. The van der Waals surface area contributed by atoms with Crippen LogP contribution in [0.1, 0.15) is 32.8 Å². The van der Waals surface area contributed by atoms with Crippen LogP contribution >= 0.6 is 0 Å². The maximum absolute atomic E-state index is 12.3. The molecule has 10 heteroatoms. The Bertz CT molecular complexity index is 713. The van der Waals surface area contributed by atoms with E-state index in [2.05, 4.69) is 20.9 Å². The van der Waals surface area contributed by atoms with Gasteiger partial charge in [0.25, 0.3) is 0 Å². The molecule has 0 bridgehead atoms. The van der Waals surface area contributed by atoms with Gasteiger partial charge >= 0.3 is 0 Å². The molecule has 1 rings (SSSR count). The predicted octanol–water partition coefficient (Wildman–Crippen LogP) is -1.43. The quantitative estimate of drug-likeness (QED) is 0.277. The lowest BCUT2D eigenvalue weighted by atomic mass is 9.99. The van der Waals surface area contributed by atoms with Crippen molar-refractivity contribution in [2.75, 3.05) is 6.54 Å². The second kappa shape index (κ2) is 12.7. The number of hydrogen-bond donors (Lipinski definition) is 5. The van der Waals surface area contributed by atoms with Crippen molar-refractivity contribution in [3.8, 4) is 0 Å². The van der Waals surface area contributed by atoms with Crippen LogP contribution in [0.3, 0.4) is 0 Å². The highest BCUT2D eigenvalue weighted by molar-refractivity contribution is 5.92. The lowest BCUT2D eigenvalue weighted by Gasteiger charge is -2.24. The number of pyridine rings is 1. The van der Waals surface area contributed by atoms with E-state index in [-0.39, 0.29) is 12.3 Å².